The number of aliphatic hydroxyl groups is 1. The molecule has 1 unspecified atom stereocenters. The smallest absolute Gasteiger partial charge is 0.213 e. The van der Waals surface area contributed by atoms with Crippen LogP contribution in [0.1, 0.15) is 52.4 Å². The highest BCUT2D eigenvalue weighted by Gasteiger charge is 2.11. The molecule has 5 heteroatoms. The van der Waals surface area contributed by atoms with Crippen molar-refractivity contribution in [3.05, 3.63) is 0 Å². The van der Waals surface area contributed by atoms with Gasteiger partial charge in [0, 0.05) is 0 Å². The van der Waals surface area contributed by atoms with E-state index in [-0.39, 0.29) is 5.75 Å². The molecule has 0 aliphatic rings. The maximum absolute atomic E-state index is 11.3. The van der Waals surface area contributed by atoms with Crippen molar-refractivity contribution in [3.8, 4) is 0 Å². The molecule has 0 aliphatic carbocycles. The van der Waals surface area contributed by atoms with E-state index in [1.54, 1.807) is 0 Å². The molecule has 0 fully saturated rings. The van der Waals surface area contributed by atoms with Crippen LogP contribution in [0.3, 0.4) is 0 Å². The molecule has 0 amide bonds. The van der Waals surface area contributed by atoms with Gasteiger partial charge in [0.25, 0.3) is 0 Å². The third-order valence-electron chi connectivity index (χ3n) is 2.12. The molecule has 1 atom stereocenters. The Morgan fingerprint density at radius 1 is 1.13 bits per heavy atom. The fourth-order valence-electron chi connectivity index (χ4n) is 1.39. The summed E-state index contributed by atoms with van der Waals surface area (Å²) in [5, 5.41) is 8.87. The van der Waals surface area contributed by atoms with Gasteiger partial charge in [-0.1, -0.05) is 39.0 Å². The second-order valence-electron chi connectivity index (χ2n) is 3.88. The summed E-state index contributed by atoms with van der Waals surface area (Å²) in [6.07, 6.45) is 5.32. The van der Waals surface area contributed by atoms with Crippen LogP contribution in [0.4, 0.5) is 0 Å². The van der Waals surface area contributed by atoms with Crippen LogP contribution in [0.2, 0.25) is 0 Å². The van der Waals surface area contributed by atoms with Gasteiger partial charge in [-0.25, -0.2) is 8.42 Å². The molecule has 0 radical (unpaired) electrons. The molecule has 0 saturated carbocycles. The fraction of sp³-hybridized carbons (Fsp3) is 1.00. The van der Waals surface area contributed by atoms with Gasteiger partial charge in [-0.2, -0.15) is 4.72 Å². The maximum Gasteiger partial charge on any atom is 0.213 e. The molecule has 0 aliphatic heterocycles. The highest BCUT2D eigenvalue weighted by atomic mass is 32.2. The van der Waals surface area contributed by atoms with Crippen LogP contribution in [0, 0.1) is 0 Å². The van der Waals surface area contributed by atoms with Gasteiger partial charge in [0.2, 0.25) is 10.0 Å². The number of aliphatic hydroxyl groups excluding tert-OH is 1. The lowest BCUT2D eigenvalue weighted by molar-refractivity contribution is 0.184. The van der Waals surface area contributed by atoms with E-state index in [0.29, 0.717) is 6.42 Å². The van der Waals surface area contributed by atoms with Crippen LogP contribution >= 0.6 is 0 Å². The van der Waals surface area contributed by atoms with E-state index in [4.69, 9.17) is 5.11 Å². The molecule has 0 heterocycles. The fourth-order valence-corrected chi connectivity index (χ4v) is 2.61. The van der Waals surface area contributed by atoms with Crippen LogP contribution in [0.5, 0.6) is 0 Å². The predicted octanol–water partition coefficient (Wildman–Crippen LogP) is 1.60. The number of sulfonamides is 1. The van der Waals surface area contributed by atoms with Gasteiger partial charge >= 0.3 is 0 Å². The summed E-state index contributed by atoms with van der Waals surface area (Å²) in [4.78, 5) is 0. The Balaban J connectivity index is 3.50. The van der Waals surface area contributed by atoms with Gasteiger partial charge in [-0.3, -0.25) is 0 Å². The van der Waals surface area contributed by atoms with Crippen molar-refractivity contribution in [2.24, 2.45) is 0 Å². The largest absolute Gasteiger partial charge is 0.378 e. The van der Waals surface area contributed by atoms with Crippen LogP contribution in [-0.2, 0) is 10.0 Å². The predicted molar refractivity (Wildman–Crippen MR) is 62.0 cm³/mol. The molecular formula is C10H23NO3S. The maximum atomic E-state index is 11.3. The van der Waals surface area contributed by atoms with E-state index in [1.165, 1.54) is 26.2 Å². The van der Waals surface area contributed by atoms with Crippen LogP contribution < -0.4 is 4.72 Å². The van der Waals surface area contributed by atoms with E-state index in [0.717, 1.165) is 12.8 Å². The molecule has 0 bridgehead atoms. The normalized spacial score (nSPS) is 14.1. The first kappa shape index (κ1) is 14.9. The minimum absolute atomic E-state index is 0.115. The first-order chi connectivity index (χ1) is 6.98. The van der Waals surface area contributed by atoms with Crippen LogP contribution in [0.25, 0.3) is 0 Å². The lowest BCUT2D eigenvalue weighted by Gasteiger charge is -2.08. The molecule has 0 aromatic heterocycles. The highest BCUT2D eigenvalue weighted by molar-refractivity contribution is 7.89. The Labute approximate surface area is 93.1 Å². The molecule has 0 aromatic rings. The Morgan fingerprint density at radius 2 is 1.67 bits per heavy atom. The third-order valence-corrected chi connectivity index (χ3v) is 3.64. The first-order valence-electron chi connectivity index (χ1n) is 5.66. The van der Waals surface area contributed by atoms with E-state index in [9.17, 15) is 8.42 Å². The minimum atomic E-state index is -3.27. The lowest BCUT2D eigenvalue weighted by atomic mass is 10.1. The Hall–Kier alpha value is -0.130. The second kappa shape index (κ2) is 8.07. The van der Waals surface area contributed by atoms with E-state index >= 15 is 0 Å². The quantitative estimate of drug-likeness (QED) is 0.473. The average molecular weight is 237 g/mol. The second-order valence-corrected chi connectivity index (χ2v) is 5.75. The zero-order chi connectivity index (χ0) is 11.7. The SMILES string of the molecule is CCCCCCCCS(=O)(=O)NC(C)O. The van der Waals surface area contributed by atoms with E-state index < -0.39 is 16.3 Å². The average Bonchev–Trinajstić information content (AvgIpc) is 2.08. The van der Waals surface area contributed by atoms with Gasteiger partial charge in [0.1, 0.15) is 6.23 Å². The van der Waals surface area contributed by atoms with Crippen molar-refractivity contribution in [2.75, 3.05) is 5.75 Å². The number of rotatable bonds is 9. The minimum Gasteiger partial charge on any atom is -0.378 e. The summed E-state index contributed by atoms with van der Waals surface area (Å²) in [6, 6.07) is 0. The summed E-state index contributed by atoms with van der Waals surface area (Å²) < 4.78 is 24.7. The molecule has 4 nitrogen and oxygen atoms in total. The van der Waals surface area contributed by atoms with Crippen molar-refractivity contribution in [1.82, 2.24) is 4.72 Å². The summed E-state index contributed by atoms with van der Waals surface area (Å²) in [5.74, 6) is 0.115. The van der Waals surface area contributed by atoms with Crippen molar-refractivity contribution < 1.29 is 13.5 Å². The molecular weight excluding hydrogens is 214 g/mol. The Bertz CT molecular complexity index is 237. The number of nitrogens with one attached hydrogen (secondary N) is 1. The van der Waals surface area contributed by atoms with Gasteiger partial charge in [-0.15, -0.1) is 0 Å². The van der Waals surface area contributed by atoms with Crippen molar-refractivity contribution >= 4 is 10.0 Å². The number of hydrogen-bond donors (Lipinski definition) is 2. The molecule has 15 heavy (non-hydrogen) atoms. The van der Waals surface area contributed by atoms with E-state index in [1.807, 2.05) is 0 Å². The number of unbranched alkanes of at least 4 members (excludes halogenated alkanes) is 5. The van der Waals surface area contributed by atoms with Crippen LogP contribution in [0.15, 0.2) is 0 Å². The van der Waals surface area contributed by atoms with Crippen molar-refractivity contribution in [2.45, 2.75) is 58.6 Å². The summed E-state index contributed by atoms with van der Waals surface area (Å²) in [6.45, 7) is 3.55. The van der Waals surface area contributed by atoms with Crippen molar-refractivity contribution in [1.29, 1.82) is 0 Å². The Morgan fingerprint density at radius 3 is 2.20 bits per heavy atom. The zero-order valence-electron chi connectivity index (χ0n) is 9.70. The zero-order valence-corrected chi connectivity index (χ0v) is 10.5. The van der Waals surface area contributed by atoms with Gasteiger partial charge in [0.15, 0.2) is 0 Å². The van der Waals surface area contributed by atoms with Crippen LogP contribution in [-0.4, -0.2) is 25.5 Å². The number of hydrogen-bond acceptors (Lipinski definition) is 3. The summed E-state index contributed by atoms with van der Waals surface area (Å²) in [5.41, 5.74) is 0. The molecule has 0 saturated heterocycles. The lowest BCUT2D eigenvalue weighted by Crippen LogP contribution is -2.33. The summed E-state index contributed by atoms with van der Waals surface area (Å²) in [7, 11) is -3.27. The van der Waals surface area contributed by atoms with Gasteiger partial charge in [0.05, 0.1) is 5.75 Å². The molecule has 2 N–H and O–H groups in total. The monoisotopic (exact) mass is 237 g/mol. The third kappa shape index (κ3) is 10.2. The van der Waals surface area contributed by atoms with E-state index in [2.05, 4.69) is 11.6 Å². The Kier molecular flexibility index (Phi) is 8.00. The summed E-state index contributed by atoms with van der Waals surface area (Å²) >= 11 is 0. The standard InChI is InChI=1S/C10H23NO3S/c1-3-4-5-6-7-8-9-15(13,14)11-10(2)12/h10-12H,3-9H2,1-2H3. The molecule has 0 spiro atoms. The van der Waals surface area contributed by atoms with Crippen molar-refractivity contribution in [3.63, 3.8) is 0 Å². The molecule has 0 rings (SSSR count). The van der Waals surface area contributed by atoms with Gasteiger partial charge < -0.3 is 5.11 Å². The first-order valence-corrected chi connectivity index (χ1v) is 7.31. The highest BCUT2D eigenvalue weighted by Crippen LogP contribution is 2.05. The topological polar surface area (TPSA) is 66.4 Å². The van der Waals surface area contributed by atoms with Gasteiger partial charge in [-0.05, 0) is 13.3 Å². The molecule has 92 valence electrons. The molecule has 0 aromatic carbocycles.